The van der Waals surface area contributed by atoms with Crippen LogP contribution >= 0.6 is 15.9 Å². The molecule has 16 heavy (non-hydrogen) atoms. The van der Waals surface area contributed by atoms with Crippen LogP contribution in [0.2, 0.25) is 0 Å². The maximum absolute atomic E-state index is 12.7. The molecule has 7 heteroatoms. The maximum Gasteiger partial charge on any atom is 0.309 e. The Morgan fingerprint density at radius 1 is 1.62 bits per heavy atom. The number of hydrogen-bond acceptors (Lipinski definition) is 3. The highest BCUT2D eigenvalue weighted by Gasteiger charge is 2.20. The Labute approximate surface area is 98.6 Å². The molecule has 0 saturated heterocycles. The molecule has 0 atom stereocenters. The Morgan fingerprint density at radius 3 is 2.69 bits per heavy atom. The van der Waals surface area contributed by atoms with Crippen LogP contribution in [0.3, 0.4) is 0 Å². The Balaban J connectivity index is 3.28. The highest BCUT2D eigenvalue weighted by atomic mass is 79.9. The number of alkyl halides is 2. The molecular formula is C9H9BrF2N2O2. The van der Waals surface area contributed by atoms with Crippen LogP contribution in [0.25, 0.3) is 0 Å². The van der Waals surface area contributed by atoms with Crippen molar-refractivity contribution in [2.24, 2.45) is 5.73 Å². The van der Waals surface area contributed by atoms with E-state index in [-0.39, 0.29) is 22.3 Å². The van der Waals surface area contributed by atoms with Crippen molar-refractivity contribution in [1.82, 2.24) is 4.98 Å². The molecule has 1 heterocycles. The number of rotatable bonds is 4. The van der Waals surface area contributed by atoms with Gasteiger partial charge in [0.15, 0.2) is 0 Å². The molecule has 1 aromatic heterocycles. The lowest BCUT2D eigenvalue weighted by molar-refractivity contribution is -0.136. The summed E-state index contributed by atoms with van der Waals surface area (Å²) in [5.74, 6) is -1.21. The number of halogens is 3. The summed E-state index contributed by atoms with van der Waals surface area (Å²) < 4.78 is 25.5. The SMILES string of the molecule is NCc1cc(Br)c(C(F)F)c(CC(=O)O)n1. The lowest BCUT2D eigenvalue weighted by Gasteiger charge is -2.10. The molecule has 1 rings (SSSR count). The molecule has 0 fully saturated rings. The van der Waals surface area contributed by atoms with Crippen molar-refractivity contribution < 1.29 is 18.7 Å². The number of aromatic nitrogens is 1. The van der Waals surface area contributed by atoms with Crippen molar-refractivity contribution in [3.05, 3.63) is 27.5 Å². The van der Waals surface area contributed by atoms with Gasteiger partial charge in [-0.1, -0.05) is 15.9 Å². The van der Waals surface area contributed by atoms with Gasteiger partial charge in [-0.15, -0.1) is 0 Å². The number of pyridine rings is 1. The molecule has 0 spiro atoms. The van der Waals surface area contributed by atoms with Crippen LogP contribution in [0.5, 0.6) is 0 Å². The van der Waals surface area contributed by atoms with E-state index in [0.717, 1.165) is 0 Å². The normalized spacial score (nSPS) is 10.8. The zero-order valence-electron chi connectivity index (χ0n) is 8.08. The molecule has 3 N–H and O–H groups in total. The number of carboxylic acid groups (broad SMARTS) is 1. The fourth-order valence-corrected chi connectivity index (χ4v) is 1.91. The quantitative estimate of drug-likeness (QED) is 0.889. The van der Waals surface area contributed by atoms with E-state index in [1.165, 1.54) is 6.07 Å². The number of nitrogens with zero attached hydrogens (tertiary/aromatic N) is 1. The van der Waals surface area contributed by atoms with Crippen LogP contribution in [0.4, 0.5) is 8.78 Å². The van der Waals surface area contributed by atoms with E-state index in [4.69, 9.17) is 10.8 Å². The number of nitrogens with two attached hydrogens (primary N) is 1. The molecule has 88 valence electrons. The average Bonchev–Trinajstić information content (AvgIpc) is 2.14. The van der Waals surface area contributed by atoms with Crippen LogP contribution in [-0.4, -0.2) is 16.1 Å². The minimum atomic E-state index is -2.77. The van der Waals surface area contributed by atoms with Crippen molar-refractivity contribution in [3.8, 4) is 0 Å². The predicted molar refractivity (Wildman–Crippen MR) is 56.1 cm³/mol. The van der Waals surface area contributed by atoms with Crippen molar-refractivity contribution in [1.29, 1.82) is 0 Å². The van der Waals surface area contributed by atoms with Gasteiger partial charge in [-0.3, -0.25) is 9.78 Å². The lowest BCUT2D eigenvalue weighted by atomic mass is 10.1. The molecule has 0 amide bonds. The van der Waals surface area contributed by atoms with E-state index in [1.807, 2.05) is 0 Å². The van der Waals surface area contributed by atoms with E-state index in [0.29, 0.717) is 5.69 Å². The zero-order chi connectivity index (χ0) is 12.3. The van der Waals surface area contributed by atoms with Gasteiger partial charge in [0, 0.05) is 11.0 Å². The molecule has 0 aromatic carbocycles. The number of carboxylic acids is 1. The average molecular weight is 295 g/mol. The number of hydrogen-bond donors (Lipinski definition) is 2. The fourth-order valence-electron chi connectivity index (χ4n) is 1.24. The topological polar surface area (TPSA) is 76.2 Å². The van der Waals surface area contributed by atoms with Crippen LogP contribution < -0.4 is 5.73 Å². The molecule has 0 radical (unpaired) electrons. The summed E-state index contributed by atoms with van der Waals surface area (Å²) in [5.41, 5.74) is 5.15. The van der Waals surface area contributed by atoms with Gasteiger partial charge in [0.2, 0.25) is 0 Å². The first-order valence-corrected chi connectivity index (χ1v) is 5.13. The van der Waals surface area contributed by atoms with Crippen molar-refractivity contribution in [2.75, 3.05) is 0 Å². The summed E-state index contributed by atoms with van der Waals surface area (Å²) in [6.45, 7) is 0.0642. The second-order valence-electron chi connectivity index (χ2n) is 3.03. The third-order valence-electron chi connectivity index (χ3n) is 1.89. The van der Waals surface area contributed by atoms with Crippen LogP contribution in [0.1, 0.15) is 23.4 Å². The monoisotopic (exact) mass is 294 g/mol. The second kappa shape index (κ2) is 5.31. The standard InChI is InChI=1S/C9H9BrF2N2O2/c10-5-1-4(3-13)14-6(2-7(15)16)8(5)9(11)12/h1,9H,2-3,13H2,(H,15,16). The van der Waals surface area contributed by atoms with Crippen molar-refractivity contribution in [2.45, 2.75) is 19.4 Å². The minimum absolute atomic E-state index is 0.0642. The van der Waals surface area contributed by atoms with Crippen molar-refractivity contribution in [3.63, 3.8) is 0 Å². The summed E-state index contributed by atoms with van der Waals surface area (Å²) in [5, 5.41) is 8.60. The highest BCUT2D eigenvalue weighted by Crippen LogP contribution is 2.30. The minimum Gasteiger partial charge on any atom is -0.481 e. The van der Waals surface area contributed by atoms with Gasteiger partial charge in [0.05, 0.1) is 23.4 Å². The van der Waals surface area contributed by atoms with Gasteiger partial charge >= 0.3 is 5.97 Å². The van der Waals surface area contributed by atoms with Gasteiger partial charge in [-0.05, 0) is 6.07 Å². The second-order valence-corrected chi connectivity index (χ2v) is 3.89. The van der Waals surface area contributed by atoms with Gasteiger partial charge in [-0.25, -0.2) is 8.78 Å². The van der Waals surface area contributed by atoms with Gasteiger partial charge < -0.3 is 10.8 Å². The highest BCUT2D eigenvalue weighted by molar-refractivity contribution is 9.10. The summed E-state index contributed by atoms with van der Waals surface area (Å²) in [4.78, 5) is 14.3. The van der Waals surface area contributed by atoms with E-state index in [2.05, 4.69) is 20.9 Å². The molecule has 0 bridgehead atoms. The summed E-state index contributed by atoms with van der Waals surface area (Å²) >= 11 is 2.96. The zero-order valence-corrected chi connectivity index (χ0v) is 9.67. The molecular weight excluding hydrogens is 286 g/mol. The third-order valence-corrected chi connectivity index (χ3v) is 2.54. The first-order chi connectivity index (χ1) is 7.45. The first-order valence-electron chi connectivity index (χ1n) is 4.34. The smallest absolute Gasteiger partial charge is 0.309 e. The Kier molecular flexibility index (Phi) is 4.31. The van der Waals surface area contributed by atoms with Gasteiger partial charge in [0.25, 0.3) is 6.43 Å². The third kappa shape index (κ3) is 2.96. The maximum atomic E-state index is 12.7. The summed E-state index contributed by atoms with van der Waals surface area (Å²) in [6, 6.07) is 1.37. The molecule has 1 aromatic rings. The number of aliphatic carboxylic acids is 1. The fraction of sp³-hybridized carbons (Fsp3) is 0.333. The predicted octanol–water partition coefficient (Wildman–Crippen LogP) is 1.87. The lowest BCUT2D eigenvalue weighted by Crippen LogP contribution is -2.11. The summed E-state index contributed by atoms with van der Waals surface area (Å²) in [7, 11) is 0. The van der Waals surface area contributed by atoms with Crippen LogP contribution in [0, 0.1) is 0 Å². The van der Waals surface area contributed by atoms with Crippen LogP contribution in [-0.2, 0) is 17.8 Å². The Bertz CT molecular complexity index is 413. The number of carbonyl (C=O) groups is 1. The van der Waals surface area contributed by atoms with E-state index < -0.39 is 18.8 Å². The summed E-state index contributed by atoms with van der Waals surface area (Å²) in [6.07, 6.45) is -3.32. The van der Waals surface area contributed by atoms with E-state index >= 15 is 0 Å². The van der Waals surface area contributed by atoms with Gasteiger partial charge in [-0.2, -0.15) is 0 Å². The molecule has 0 aliphatic heterocycles. The van der Waals surface area contributed by atoms with Gasteiger partial charge in [0.1, 0.15) is 0 Å². The Morgan fingerprint density at radius 2 is 2.25 bits per heavy atom. The molecule has 0 saturated carbocycles. The van der Waals surface area contributed by atoms with E-state index in [1.54, 1.807) is 0 Å². The van der Waals surface area contributed by atoms with E-state index in [9.17, 15) is 13.6 Å². The molecule has 0 unspecified atom stereocenters. The molecule has 0 aliphatic carbocycles. The molecule has 0 aliphatic rings. The molecule has 4 nitrogen and oxygen atoms in total. The Hall–Kier alpha value is -1.08. The van der Waals surface area contributed by atoms with Crippen molar-refractivity contribution >= 4 is 21.9 Å². The van der Waals surface area contributed by atoms with Crippen LogP contribution in [0.15, 0.2) is 10.5 Å². The first kappa shape index (κ1) is 13.0. The largest absolute Gasteiger partial charge is 0.481 e.